The SMILES string of the molecule is Cc1cc(-c2n[nH]c3ccc(-n4cc([C@@H]5CCCN(Cc6ccccc6OC(F)(F)F)C5)nn4)cc23)ccn1. The van der Waals surface area contributed by atoms with Crippen LogP contribution in [0.25, 0.3) is 27.8 Å². The molecule has 1 fully saturated rings. The number of alkyl halides is 3. The summed E-state index contributed by atoms with van der Waals surface area (Å²) in [6, 6.07) is 16.2. The van der Waals surface area contributed by atoms with E-state index in [0.29, 0.717) is 18.7 Å². The highest BCUT2D eigenvalue weighted by atomic mass is 19.4. The summed E-state index contributed by atoms with van der Waals surface area (Å²) in [4.78, 5) is 6.42. The minimum Gasteiger partial charge on any atom is -0.405 e. The Kier molecular flexibility index (Phi) is 6.51. The molecule has 1 N–H and O–H groups in total. The molecule has 200 valence electrons. The number of hydrogen-bond donors (Lipinski definition) is 1. The second kappa shape index (κ2) is 10.1. The van der Waals surface area contributed by atoms with E-state index in [1.807, 2.05) is 43.5 Å². The van der Waals surface area contributed by atoms with E-state index in [4.69, 9.17) is 0 Å². The number of halogens is 3. The van der Waals surface area contributed by atoms with Gasteiger partial charge in [-0.25, -0.2) is 4.68 Å². The normalized spacial score (nSPS) is 16.6. The molecule has 4 heterocycles. The predicted octanol–water partition coefficient (Wildman–Crippen LogP) is 5.79. The monoisotopic (exact) mass is 533 g/mol. The smallest absolute Gasteiger partial charge is 0.405 e. The highest BCUT2D eigenvalue weighted by molar-refractivity contribution is 5.94. The molecule has 0 radical (unpaired) electrons. The summed E-state index contributed by atoms with van der Waals surface area (Å²) < 4.78 is 44.6. The second-order valence-corrected chi connectivity index (χ2v) is 9.81. The first-order valence-corrected chi connectivity index (χ1v) is 12.7. The third-order valence-electron chi connectivity index (χ3n) is 7.01. The van der Waals surface area contributed by atoms with Gasteiger partial charge in [-0.3, -0.25) is 15.0 Å². The number of benzene rings is 2. The zero-order valence-electron chi connectivity index (χ0n) is 21.2. The molecular weight excluding hydrogens is 507 g/mol. The summed E-state index contributed by atoms with van der Waals surface area (Å²) in [7, 11) is 0. The van der Waals surface area contributed by atoms with Crippen molar-refractivity contribution in [2.45, 2.75) is 38.6 Å². The number of H-pyrrole nitrogens is 1. The molecule has 0 amide bonds. The number of piperidine rings is 1. The lowest BCUT2D eigenvalue weighted by molar-refractivity contribution is -0.275. The molecular formula is C28H26F3N7O. The Hall–Kier alpha value is -4.25. The van der Waals surface area contributed by atoms with Crippen molar-refractivity contribution in [2.75, 3.05) is 13.1 Å². The summed E-state index contributed by atoms with van der Waals surface area (Å²) in [5.74, 6) is -0.0368. The van der Waals surface area contributed by atoms with Crippen LogP contribution in [0.1, 0.15) is 35.7 Å². The van der Waals surface area contributed by atoms with Crippen LogP contribution in [0.15, 0.2) is 67.0 Å². The molecule has 39 heavy (non-hydrogen) atoms. The maximum atomic E-state index is 12.9. The Morgan fingerprint density at radius 3 is 2.82 bits per heavy atom. The number of pyridine rings is 1. The molecule has 0 saturated carbocycles. The second-order valence-electron chi connectivity index (χ2n) is 9.81. The van der Waals surface area contributed by atoms with Gasteiger partial charge in [-0.1, -0.05) is 23.4 Å². The number of hydrogen-bond acceptors (Lipinski definition) is 6. The van der Waals surface area contributed by atoms with Crippen LogP contribution in [0.5, 0.6) is 5.75 Å². The largest absolute Gasteiger partial charge is 0.573 e. The number of aryl methyl sites for hydroxylation is 1. The fraction of sp³-hybridized carbons (Fsp3) is 0.286. The first-order chi connectivity index (χ1) is 18.8. The average Bonchev–Trinajstić information content (AvgIpc) is 3.57. The van der Waals surface area contributed by atoms with Crippen LogP contribution < -0.4 is 4.74 Å². The number of ether oxygens (including phenoxy) is 1. The Bertz CT molecular complexity index is 1610. The fourth-order valence-electron chi connectivity index (χ4n) is 5.19. The van der Waals surface area contributed by atoms with Crippen LogP contribution in [-0.2, 0) is 6.54 Å². The molecule has 0 aliphatic carbocycles. The summed E-state index contributed by atoms with van der Waals surface area (Å²) in [5.41, 5.74) is 5.88. The lowest BCUT2D eigenvalue weighted by Crippen LogP contribution is -2.34. The molecule has 0 spiro atoms. The first kappa shape index (κ1) is 25.1. The summed E-state index contributed by atoms with van der Waals surface area (Å²) in [6.07, 6.45) is 0.828. The van der Waals surface area contributed by atoms with Gasteiger partial charge in [0.05, 0.1) is 23.1 Å². The van der Waals surface area contributed by atoms with Gasteiger partial charge in [0.1, 0.15) is 11.4 Å². The van der Waals surface area contributed by atoms with E-state index in [9.17, 15) is 13.2 Å². The number of aromatic amines is 1. The van der Waals surface area contributed by atoms with E-state index in [1.54, 1.807) is 29.1 Å². The van der Waals surface area contributed by atoms with Gasteiger partial charge >= 0.3 is 6.36 Å². The van der Waals surface area contributed by atoms with Crippen LogP contribution in [0.3, 0.4) is 0 Å². The summed E-state index contributed by atoms with van der Waals surface area (Å²) in [6.45, 7) is 3.78. The highest BCUT2D eigenvalue weighted by Crippen LogP contribution is 2.32. The molecule has 1 saturated heterocycles. The molecule has 8 nitrogen and oxygen atoms in total. The number of likely N-dealkylation sites (tertiary alicyclic amines) is 1. The number of rotatable bonds is 6. The molecule has 11 heteroatoms. The number of nitrogens with one attached hydrogen (secondary N) is 1. The van der Waals surface area contributed by atoms with Crippen molar-refractivity contribution < 1.29 is 17.9 Å². The van der Waals surface area contributed by atoms with Crippen molar-refractivity contribution in [1.29, 1.82) is 0 Å². The molecule has 3 aromatic heterocycles. The van der Waals surface area contributed by atoms with Crippen molar-refractivity contribution in [3.63, 3.8) is 0 Å². The van der Waals surface area contributed by atoms with E-state index < -0.39 is 6.36 Å². The van der Waals surface area contributed by atoms with E-state index in [2.05, 4.69) is 35.1 Å². The Morgan fingerprint density at radius 1 is 1.10 bits per heavy atom. The lowest BCUT2D eigenvalue weighted by atomic mass is 9.95. The number of fused-ring (bicyclic) bond motifs is 1. The first-order valence-electron chi connectivity index (χ1n) is 12.7. The van der Waals surface area contributed by atoms with Crippen molar-refractivity contribution in [1.82, 2.24) is 35.1 Å². The average molecular weight is 534 g/mol. The molecule has 1 atom stereocenters. The van der Waals surface area contributed by atoms with E-state index in [-0.39, 0.29) is 11.7 Å². The Labute approximate surface area is 222 Å². The van der Waals surface area contributed by atoms with Crippen molar-refractivity contribution in [2.24, 2.45) is 0 Å². The minimum atomic E-state index is -4.73. The van der Waals surface area contributed by atoms with Crippen LogP contribution in [0, 0.1) is 6.92 Å². The summed E-state index contributed by atoms with van der Waals surface area (Å²) in [5, 5.41) is 17.4. The molecule has 1 aliphatic heterocycles. The van der Waals surface area contributed by atoms with E-state index >= 15 is 0 Å². The molecule has 0 unspecified atom stereocenters. The fourth-order valence-corrected chi connectivity index (χ4v) is 5.19. The molecule has 6 rings (SSSR count). The third-order valence-corrected chi connectivity index (χ3v) is 7.01. The van der Waals surface area contributed by atoms with Gasteiger partial charge in [-0.2, -0.15) is 5.10 Å². The Balaban J connectivity index is 1.20. The van der Waals surface area contributed by atoms with Gasteiger partial charge in [-0.05, 0) is 62.7 Å². The van der Waals surface area contributed by atoms with E-state index in [1.165, 1.54) is 6.07 Å². The van der Waals surface area contributed by atoms with Crippen molar-refractivity contribution in [3.05, 3.63) is 83.9 Å². The Morgan fingerprint density at radius 2 is 1.97 bits per heavy atom. The maximum Gasteiger partial charge on any atom is 0.573 e. The zero-order chi connectivity index (χ0) is 27.0. The van der Waals surface area contributed by atoms with Gasteiger partial charge < -0.3 is 4.74 Å². The van der Waals surface area contributed by atoms with Crippen molar-refractivity contribution in [3.8, 4) is 22.7 Å². The van der Waals surface area contributed by atoms with Crippen LogP contribution in [0.4, 0.5) is 13.2 Å². The van der Waals surface area contributed by atoms with E-state index in [0.717, 1.165) is 58.6 Å². The molecule has 0 bridgehead atoms. The topological polar surface area (TPSA) is 84.8 Å². The lowest BCUT2D eigenvalue weighted by Gasteiger charge is -2.32. The standard InChI is InChI=1S/C28H26F3N7O/c1-18-13-19(10-11-32-18)27-23-14-22(8-9-24(23)33-35-27)38-17-25(34-36-38)20-6-4-12-37(15-20)16-21-5-2-3-7-26(21)39-28(29,30)31/h2-3,5,7-11,13-14,17,20H,4,6,12,15-16H2,1H3,(H,33,35)/t20-/m1/s1. The van der Waals surface area contributed by atoms with Crippen LogP contribution in [0.2, 0.25) is 0 Å². The van der Waals surface area contributed by atoms with Gasteiger partial charge in [-0.15, -0.1) is 18.3 Å². The number of para-hydroxylation sites is 1. The number of nitrogens with zero attached hydrogens (tertiary/aromatic N) is 6. The zero-order valence-corrected chi connectivity index (χ0v) is 21.2. The highest BCUT2D eigenvalue weighted by Gasteiger charge is 2.32. The van der Waals surface area contributed by atoms with Gasteiger partial charge in [0.25, 0.3) is 0 Å². The predicted molar refractivity (Wildman–Crippen MR) is 139 cm³/mol. The quantitative estimate of drug-likeness (QED) is 0.297. The molecule has 5 aromatic rings. The minimum absolute atomic E-state index is 0.121. The molecule has 2 aromatic carbocycles. The van der Waals surface area contributed by atoms with Gasteiger partial charge in [0.2, 0.25) is 0 Å². The van der Waals surface area contributed by atoms with Crippen molar-refractivity contribution >= 4 is 10.9 Å². The van der Waals surface area contributed by atoms with Gasteiger partial charge in [0, 0.05) is 47.4 Å². The maximum absolute atomic E-state index is 12.9. The third kappa shape index (κ3) is 5.49. The number of aromatic nitrogens is 6. The van der Waals surface area contributed by atoms with Crippen LogP contribution >= 0.6 is 0 Å². The summed E-state index contributed by atoms with van der Waals surface area (Å²) >= 11 is 0. The molecule has 1 aliphatic rings. The van der Waals surface area contributed by atoms with Crippen LogP contribution in [-0.4, -0.2) is 54.5 Å². The van der Waals surface area contributed by atoms with Gasteiger partial charge in [0.15, 0.2) is 0 Å².